The van der Waals surface area contributed by atoms with Gasteiger partial charge >= 0.3 is 5.97 Å². The Morgan fingerprint density at radius 2 is 1.73 bits per heavy atom. The van der Waals surface area contributed by atoms with Crippen molar-refractivity contribution >= 4 is 17.8 Å². The van der Waals surface area contributed by atoms with Gasteiger partial charge in [-0.3, -0.25) is 14.4 Å². The first-order valence-corrected chi connectivity index (χ1v) is 8.66. The fourth-order valence-electron chi connectivity index (χ4n) is 2.36. The molecule has 0 aromatic heterocycles. The maximum atomic E-state index is 12.4. The third kappa shape index (κ3) is 7.55. The standard InChI is InChI=1S/C19H28N2O5/c1-13(2)12-16(19(24)20-11-5-6-17(22)26-4)21-18(23)14-7-9-15(25-3)10-8-14/h7-10,13,16H,5-6,11-12H2,1-4H3,(H,20,24)(H,21,23). The van der Waals surface area contributed by atoms with Crippen molar-refractivity contribution in [1.82, 2.24) is 10.6 Å². The van der Waals surface area contributed by atoms with Crippen molar-refractivity contribution in [3.63, 3.8) is 0 Å². The lowest BCUT2D eigenvalue weighted by molar-refractivity contribution is -0.140. The minimum absolute atomic E-state index is 0.233. The minimum Gasteiger partial charge on any atom is -0.497 e. The van der Waals surface area contributed by atoms with Crippen molar-refractivity contribution in [2.24, 2.45) is 5.92 Å². The molecule has 0 spiro atoms. The predicted molar refractivity (Wildman–Crippen MR) is 98.0 cm³/mol. The van der Waals surface area contributed by atoms with Gasteiger partial charge in [0, 0.05) is 18.5 Å². The first-order valence-electron chi connectivity index (χ1n) is 8.66. The third-order valence-electron chi connectivity index (χ3n) is 3.77. The van der Waals surface area contributed by atoms with E-state index in [-0.39, 0.29) is 30.1 Å². The van der Waals surface area contributed by atoms with Gasteiger partial charge < -0.3 is 20.1 Å². The molecule has 144 valence electrons. The first kappa shape index (κ1) is 21.5. The van der Waals surface area contributed by atoms with Gasteiger partial charge in [0.2, 0.25) is 5.91 Å². The summed E-state index contributed by atoms with van der Waals surface area (Å²) in [6, 6.07) is 6.05. The van der Waals surface area contributed by atoms with Gasteiger partial charge in [0.25, 0.3) is 5.91 Å². The highest BCUT2D eigenvalue weighted by Crippen LogP contribution is 2.12. The van der Waals surface area contributed by atoms with Crippen LogP contribution in [0.25, 0.3) is 0 Å². The van der Waals surface area contributed by atoms with Gasteiger partial charge in [-0.2, -0.15) is 0 Å². The number of hydrogen-bond donors (Lipinski definition) is 2. The van der Waals surface area contributed by atoms with Gasteiger partial charge in [0.15, 0.2) is 0 Å². The van der Waals surface area contributed by atoms with Crippen LogP contribution in [-0.4, -0.2) is 44.6 Å². The zero-order valence-corrected chi connectivity index (χ0v) is 15.8. The Morgan fingerprint density at radius 1 is 1.08 bits per heavy atom. The summed E-state index contributed by atoms with van der Waals surface area (Å²) in [4.78, 5) is 35.9. The van der Waals surface area contributed by atoms with E-state index in [0.717, 1.165) is 0 Å². The maximum absolute atomic E-state index is 12.4. The first-order chi connectivity index (χ1) is 12.4. The fourth-order valence-corrected chi connectivity index (χ4v) is 2.36. The van der Waals surface area contributed by atoms with Crippen LogP contribution in [0.15, 0.2) is 24.3 Å². The molecule has 0 bridgehead atoms. The number of carbonyl (C=O) groups excluding carboxylic acids is 3. The largest absolute Gasteiger partial charge is 0.497 e. The van der Waals surface area contributed by atoms with Crippen LogP contribution in [0, 0.1) is 5.92 Å². The topological polar surface area (TPSA) is 93.7 Å². The number of esters is 1. The van der Waals surface area contributed by atoms with Crippen LogP contribution in [0.2, 0.25) is 0 Å². The SMILES string of the molecule is COC(=O)CCCNC(=O)C(CC(C)C)NC(=O)c1ccc(OC)cc1. The van der Waals surface area contributed by atoms with Crippen LogP contribution >= 0.6 is 0 Å². The van der Waals surface area contributed by atoms with Crippen LogP contribution in [-0.2, 0) is 14.3 Å². The van der Waals surface area contributed by atoms with Gasteiger partial charge in [-0.25, -0.2) is 0 Å². The van der Waals surface area contributed by atoms with Crippen molar-refractivity contribution in [1.29, 1.82) is 0 Å². The van der Waals surface area contributed by atoms with Crippen molar-refractivity contribution in [2.45, 2.75) is 39.2 Å². The summed E-state index contributed by atoms with van der Waals surface area (Å²) in [5.41, 5.74) is 0.457. The molecule has 0 saturated carbocycles. The van der Waals surface area contributed by atoms with Crippen LogP contribution < -0.4 is 15.4 Å². The van der Waals surface area contributed by atoms with Crippen LogP contribution in [0.3, 0.4) is 0 Å². The van der Waals surface area contributed by atoms with E-state index in [1.807, 2.05) is 13.8 Å². The highest BCUT2D eigenvalue weighted by molar-refractivity contribution is 5.97. The molecule has 1 unspecified atom stereocenters. The quantitative estimate of drug-likeness (QED) is 0.489. The molecule has 0 aliphatic rings. The molecular formula is C19H28N2O5. The van der Waals surface area contributed by atoms with E-state index in [1.165, 1.54) is 7.11 Å². The fraction of sp³-hybridized carbons (Fsp3) is 0.526. The molecule has 0 saturated heterocycles. The van der Waals surface area contributed by atoms with Gasteiger partial charge in [-0.1, -0.05) is 13.8 Å². The smallest absolute Gasteiger partial charge is 0.305 e. The molecular weight excluding hydrogens is 336 g/mol. The summed E-state index contributed by atoms with van der Waals surface area (Å²) in [6.07, 6.45) is 1.24. The number of nitrogens with one attached hydrogen (secondary N) is 2. The summed E-state index contributed by atoms with van der Waals surface area (Å²) in [5, 5.41) is 5.54. The lowest BCUT2D eigenvalue weighted by Gasteiger charge is -2.20. The van der Waals surface area contributed by atoms with Gasteiger partial charge in [0.1, 0.15) is 11.8 Å². The molecule has 2 N–H and O–H groups in total. The molecule has 0 aliphatic heterocycles. The number of amides is 2. The number of hydrogen-bond acceptors (Lipinski definition) is 5. The van der Waals surface area contributed by atoms with E-state index in [2.05, 4.69) is 15.4 Å². The molecule has 1 aromatic carbocycles. The Labute approximate surface area is 154 Å². The zero-order valence-electron chi connectivity index (χ0n) is 15.8. The Bertz CT molecular complexity index is 598. The molecule has 0 radical (unpaired) electrons. The molecule has 0 aliphatic carbocycles. The Kier molecular flexibility index (Phi) is 9.19. The number of rotatable bonds is 10. The van der Waals surface area contributed by atoms with Gasteiger partial charge in [-0.15, -0.1) is 0 Å². The van der Waals surface area contributed by atoms with E-state index >= 15 is 0 Å². The molecule has 7 nitrogen and oxygen atoms in total. The molecule has 1 atom stereocenters. The van der Waals surface area contributed by atoms with Crippen LogP contribution in [0.5, 0.6) is 5.75 Å². The second-order valence-corrected chi connectivity index (χ2v) is 6.35. The normalized spacial score (nSPS) is 11.6. The number of ether oxygens (including phenoxy) is 2. The highest BCUT2D eigenvalue weighted by atomic mass is 16.5. The van der Waals surface area contributed by atoms with Gasteiger partial charge in [-0.05, 0) is 43.0 Å². The monoisotopic (exact) mass is 364 g/mol. The van der Waals surface area contributed by atoms with E-state index in [0.29, 0.717) is 30.7 Å². The Balaban J connectivity index is 2.62. The van der Waals surface area contributed by atoms with Crippen LogP contribution in [0.1, 0.15) is 43.5 Å². The predicted octanol–water partition coefficient (Wildman–Crippen LogP) is 1.91. The molecule has 0 fully saturated rings. The summed E-state index contributed by atoms with van der Waals surface area (Å²) in [5.74, 6) is -0.000143. The van der Waals surface area contributed by atoms with Gasteiger partial charge in [0.05, 0.1) is 14.2 Å². The maximum Gasteiger partial charge on any atom is 0.305 e. The molecule has 1 rings (SSSR count). The second kappa shape index (κ2) is 11.1. The summed E-state index contributed by atoms with van der Waals surface area (Å²) in [6.45, 7) is 4.31. The van der Waals surface area contributed by atoms with Crippen molar-refractivity contribution < 1.29 is 23.9 Å². The van der Waals surface area contributed by atoms with Crippen molar-refractivity contribution in [3.8, 4) is 5.75 Å². The zero-order chi connectivity index (χ0) is 19.5. The molecule has 1 aromatic rings. The summed E-state index contributed by atoms with van der Waals surface area (Å²) >= 11 is 0. The average Bonchev–Trinajstić information content (AvgIpc) is 2.63. The highest BCUT2D eigenvalue weighted by Gasteiger charge is 2.22. The molecule has 7 heteroatoms. The summed E-state index contributed by atoms with van der Waals surface area (Å²) < 4.78 is 9.63. The number of carbonyl (C=O) groups is 3. The van der Waals surface area contributed by atoms with Crippen molar-refractivity contribution in [3.05, 3.63) is 29.8 Å². The summed E-state index contributed by atoms with van der Waals surface area (Å²) in [7, 11) is 2.88. The minimum atomic E-state index is -0.636. The van der Waals surface area contributed by atoms with Crippen molar-refractivity contribution in [2.75, 3.05) is 20.8 Å². The molecule has 26 heavy (non-hydrogen) atoms. The van der Waals surface area contributed by atoms with E-state index in [1.54, 1.807) is 31.4 Å². The van der Waals surface area contributed by atoms with E-state index in [9.17, 15) is 14.4 Å². The second-order valence-electron chi connectivity index (χ2n) is 6.35. The number of methoxy groups -OCH3 is 2. The van der Waals surface area contributed by atoms with E-state index < -0.39 is 6.04 Å². The third-order valence-corrected chi connectivity index (χ3v) is 3.77. The lowest BCUT2D eigenvalue weighted by Crippen LogP contribution is -2.47. The van der Waals surface area contributed by atoms with E-state index in [4.69, 9.17) is 4.74 Å². The Morgan fingerprint density at radius 3 is 2.27 bits per heavy atom. The molecule has 0 heterocycles. The van der Waals surface area contributed by atoms with Crippen LogP contribution in [0.4, 0.5) is 0 Å². The Hall–Kier alpha value is -2.57. The lowest BCUT2D eigenvalue weighted by atomic mass is 10.0. The molecule has 2 amide bonds. The number of benzene rings is 1. The average molecular weight is 364 g/mol.